The van der Waals surface area contributed by atoms with Crippen molar-refractivity contribution < 1.29 is 0 Å². The molecule has 3 aromatic heterocycles. The number of pyridine rings is 2. The number of H-pyrrole nitrogens is 1. The molecule has 4 aromatic rings. The quantitative estimate of drug-likeness (QED) is 0.545. The van der Waals surface area contributed by atoms with E-state index in [0.29, 0.717) is 11.2 Å². The average molecular weight is 325 g/mol. The van der Waals surface area contributed by atoms with E-state index in [0.717, 1.165) is 15.3 Å². The van der Waals surface area contributed by atoms with E-state index >= 15 is 0 Å². The van der Waals surface area contributed by atoms with Crippen molar-refractivity contribution in [3.8, 4) is 5.69 Å². The molecule has 1 N–H and O–H groups in total. The summed E-state index contributed by atoms with van der Waals surface area (Å²) in [5, 5.41) is 2.08. The number of nitrogens with zero attached hydrogens (tertiary/aromatic N) is 3. The van der Waals surface area contributed by atoms with Crippen molar-refractivity contribution in [1.82, 2.24) is 19.5 Å². The standard InChI is InChI=1S/C16H9ClN4O2/c17-14-5-12-11(7-19-14)15(22)21(16(23)20-12)13-8-18-6-9-3-1-2-4-10(9)13/h1-8H,(H,20,23). The SMILES string of the molecule is O=c1[nH]c2cc(Cl)ncc2c(=O)n1-c1cncc2ccccc12. The first kappa shape index (κ1) is 13.7. The zero-order valence-corrected chi connectivity index (χ0v) is 12.4. The van der Waals surface area contributed by atoms with Gasteiger partial charge in [0.05, 0.1) is 22.8 Å². The fourth-order valence-corrected chi connectivity index (χ4v) is 2.74. The van der Waals surface area contributed by atoms with E-state index in [9.17, 15) is 9.59 Å². The molecule has 7 heteroatoms. The third kappa shape index (κ3) is 2.11. The van der Waals surface area contributed by atoms with Crippen LogP contribution in [0, 0.1) is 0 Å². The number of fused-ring (bicyclic) bond motifs is 2. The normalized spacial score (nSPS) is 11.2. The number of halogens is 1. The lowest BCUT2D eigenvalue weighted by molar-refractivity contribution is 0.901. The van der Waals surface area contributed by atoms with Crippen LogP contribution in [0.3, 0.4) is 0 Å². The van der Waals surface area contributed by atoms with Crippen LogP contribution in [0.25, 0.3) is 27.4 Å². The van der Waals surface area contributed by atoms with Crippen molar-refractivity contribution in [2.45, 2.75) is 0 Å². The van der Waals surface area contributed by atoms with Crippen LogP contribution in [0.1, 0.15) is 0 Å². The molecular formula is C16H9ClN4O2. The largest absolute Gasteiger partial charge is 0.333 e. The monoisotopic (exact) mass is 324 g/mol. The topological polar surface area (TPSA) is 80.6 Å². The van der Waals surface area contributed by atoms with Crippen LogP contribution in [-0.4, -0.2) is 19.5 Å². The van der Waals surface area contributed by atoms with Crippen molar-refractivity contribution in [2.75, 3.05) is 0 Å². The van der Waals surface area contributed by atoms with Gasteiger partial charge in [0.1, 0.15) is 5.15 Å². The number of aromatic nitrogens is 4. The highest BCUT2D eigenvalue weighted by Gasteiger charge is 2.13. The molecule has 0 fully saturated rings. The second-order valence-electron chi connectivity index (χ2n) is 5.00. The molecule has 1 aromatic carbocycles. The second kappa shape index (κ2) is 5.03. The van der Waals surface area contributed by atoms with Gasteiger partial charge in [-0.15, -0.1) is 0 Å². The van der Waals surface area contributed by atoms with E-state index in [4.69, 9.17) is 11.6 Å². The molecule has 23 heavy (non-hydrogen) atoms. The smallest absolute Gasteiger partial charge is 0.306 e. The first-order valence-electron chi connectivity index (χ1n) is 6.79. The highest BCUT2D eigenvalue weighted by molar-refractivity contribution is 6.29. The Hall–Kier alpha value is -2.99. The first-order valence-corrected chi connectivity index (χ1v) is 7.16. The number of hydrogen-bond donors (Lipinski definition) is 1. The van der Waals surface area contributed by atoms with Gasteiger partial charge in [0.25, 0.3) is 5.56 Å². The molecule has 0 spiro atoms. The van der Waals surface area contributed by atoms with E-state index in [1.165, 1.54) is 18.5 Å². The molecule has 0 saturated carbocycles. The molecule has 0 radical (unpaired) electrons. The maximum Gasteiger partial charge on any atom is 0.333 e. The summed E-state index contributed by atoms with van der Waals surface area (Å²) in [7, 11) is 0. The number of aromatic amines is 1. The van der Waals surface area contributed by atoms with Crippen molar-refractivity contribution >= 4 is 33.3 Å². The van der Waals surface area contributed by atoms with Crippen molar-refractivity contribution in [3.05, 3.63) is 74.9 Å². The van der Waals surface area contributed by atoms with E-state index < -0.39 is 11.2 Å². The Labute approximate surface area is 134 Å². The third-order valence-electron chi connectivity index (χ3n) is 3.64. The minimum atomic E-state index is -0.553. The first-order chi connectivity index (χ1) is 11.1. The molecule has 0 atom stereocenters. The van der Waals surface area contributed by atoms with E-state index in [-0.39, 0.29) is 10.5 Å². The summed E-state index contributed by atoms with van der Waals surface area (Å²) in [5.41, 5.74) is -0.246. The van der Waals surface area contributed by atoms with E-state index in [1.807, 2.05) is 24.3 Å². The third-order valence-corrected chi connectivity index (χ3v) is 3.84. The Morgan fingerprint density at radius 1 is 1.04 bits per heavy atom. The summed E-state index contributed by atoms with van der Waals surface area (Å²) in [6.45, 7) is 0. The van der Waals surface area contributed by atoms with Gasteiger partial charge in [0, 0.05) is 23.2 Å². The molecule has 4 rings (SSSR count). The zero-order chi connectivity index (χ0) is 16.0. The van der Waals surface area contributed by atoms with Gasteiger partial charge in [-0.3, -0.25) is 9.78 Å². The molecular weight excluding hydrogens is 316 g/mol. The van der Waals surface area contributed by atoms with Gasteiger partial charge in [0.15, 0.2) is 0 Å². The second-order valence-corrected chi connectivity index (χ2v) is 5.39. The van der Waals surface area contributed by atoms with Crippen LogP contribution in [-0.2, 0) is 0 Å². The zero-order valence-electron chi connectivity index (χ0n) is 11.7. The maximum absolute atomic E-state index is 12.7. The predicted molar refractivity (Wildman–Crippen MR) is 88.3 cm³/mol. The fraction of sp³-hybridized carbons (Fsp3) is 0. The fourth-order valence-electron chi connectivity index (χ4n) is 2.59. The molecule has 0 amide bonds. The predicted octanol–water partition coefficient (Wildman–Crippen LogP) is 2.28. The minimum Gasteiger partial charge on any atom is -0.306 e. The van der Waals surface area contributed by atoms with Gasteiger partial charge in [-0.05, 0) is 6.07 Å². The average Bonchev–Trinajstić information content (AvgIpc) is 2.54. The van der Waals surface area contributed by atoms with Gasteiger partial charge in [-0.1, -0.05) is 35.9 Å². The molecule has 0 bridgehead atoms. The van der Waals surface area contributed by atoms with Crippen molar-refractivity contribution in [3.63, 3.8) is 0 Å². The summed E-state index contributed by atoms with van der Waals surface area (Å²) in [6, 6.07) is 8.86. The van der Waals surface area contributed by atoms with Crippen LogP contribution < -0.4 is 11.2 Å². The Kier molecular flexibility index (Phi) is 2.99. The van der Waals surface area contributed by atoms with Crippen molar-refractivity contribution in [2.24, 2.45) is 0 Å². The van der Waals surface area contributed by atoms with Crippen LogP contribution in [0.15, 0.2) is 58.5 Å². The Bertz CT molecular complexity index is 1170. The molecule has 0 aliphatic carbocycles. The molecule has 0 unspecified atom stereocenters. The molecule has 3 heterocycles. The number of benzene rings is 1. The summed E-state index contributed by atoms with van der Waals surface area (Å²) >= 11 is 5.81. The number of rotatable bonds is 1. The van der Waals surface area contributed by atoms with Gasteiger partial charge in [0.2, 0.25) is 0 Å². The highest BCUT2D eigenvalue weighted by atomic mass is 35.5. The van der Waals surface area contributed by atoms with Crippen molar-refractivity contribution in [1.29, 1.82) is 0 Å². The summed E-state index contributed by atoms with van der Waals surface area (Å²) in [5.74, 6) is 0. The van der Waals surface area contributed by atoms with Crippen LogP contribution in [0.4, 0.5) is 0 Å². The van der Waals surface area contributed by atoms with Crippen LogP contribution in [0.5, 0.6) is 0 Å². The lowest BCUT2D eigenvalue weighted by atomic mass is 10.1. The van der Waals surface area contributed by atoms with Gasteiger partial charge >= 0.3 is 5.69 Å². The number of nitrogens with one attached hydrogen (secondary N) is 1. The van der Waals surface area contributed by atoms with Gasteiger partial charge in [-0.2, -0.15) is 0 Å². The summed E-state index contributed by atoms with van der Waals surface area (Å²) < 4.78 is 1.06. The summed E-state index contributed by atoms with van der Waals surface area (Å²) in [4.78, 5) is 35.8. The highest BCUT2D eigenvalue weighted by Crippen LogP contribution is 2.19. The maximum atomic E-state index is 12.7. The molecule has 6 nitrogen and oxygen atoms in total. The van der Waals surface area contributed by atoms with E-state index in [1.54, 1.807) is 6.20 Å². The molecule has 0 saturated heterocycles. The minimum absolute atomic E-state index is 0.206. The van der Waals surface area contributed by atoms with E-state index in [2.05, 4.69) is 15.0 Å². The molecule has 112 valence electrons. The van der Waals surface area contributed by atoms with Gasteiger partial charge < -0.3 is 4.98 Å². The Morgan fingerprint density at radius 3 is 2.74 bits per heavy atom. The lowest BCUT2D eigenvalue weighted by Gasteiger charge is -2.09. The van der Waals surface area contributed by atoms with Gasteiger partial charge in [-0.25, -0.2) is 14.3 Å². The Balaban J connectivity index is 2.15. The Morgan fingerprint density at radius 2 is 1.87 bits per heavy atom. The molecule has 0 aliphatic rings. The van der Waals surface area contributed by atoms with Crippen LogP contribution >= 0.6 is 11.6 Å². The molecule has 0 aliphatic heterocycles. The number of hydrogen-bond acceptors (Lipinski definition) is 4. The lowest BCUT2D eigenvalue weighted by Crippen LogP contribution is -2.33. The van der Waals surface area contributed by atoms with Crippen LogP contribution in [0.2, 0.25) is 5.15 Å². The summed E-state index contributed by atoms with van der Waals surface area (Å²) in [6.07, 6.45) is 4.53.